The Hall–Kier alpha value is -2.14. The Kier molecular flexibility index (Phi) is 6.45. The third kappa shape index (κ3) is 4.73. The van der Waals surface area contributed by atoms with Crippen LogP contribution in [0.5, 0.6) is 5.75 Å². The number of amides is 2. The first-order chi connectivity index (χ1) is 12.7. The van der Waals surface area contributed by atoms with Gasteiger partial charge in [0.1, 0.15) is 5.75 Å². The number of benzene rings is 2. The van der Waals surface area contributed by atoms with Crippen molar-refractivity contribution in [2.24, 2.45) is 0 Å². The van der Waals surface area contributed by atoms with Gasteiger partial charge in [-0.15, -0.1) is 0 Å². The average Bonchev–Trinajstić information content (AvgIpc) is 2.90. The largest absolute Gasteiger partial charge is 0.494 e. The number of aryl methyl sites for hydroxylation is 1. The molecule has 1 saturated heterocycles. The Morgan fingerprint density at radius 1 is 1.19 bits per heavy atom. The molecule has 0 saturated carbocycles. The number of nitrogens with one attached hydrogen (secondary N) is 1. The minimum absolute atomic E-state index is 0.0276. The van der Waals surface area contributed by atoms with Crippen molar-refractivity contribution in [2.75, 3.05) is 30.8 Å². The van der Waals surface area contributed by atoms with Crippen molar-refractivity contribution in [1.82, 2.24) is 4.90 Å². The van der Waals surface area contributed by atoms with E-state index in [1.54, 1.807) is 0 Å². The molecule has 26 heavy (non-hydrogen) atoms. The molecule has 1 aliphatic rings. The summed E-state index contributed by atoms with van der Waals surface area (Å²) < 4.78 is 5.44. The van der Waals surface area contributed by atoms with Gasteiger partial charge in [0.25, 0.3) is 0 Å². The highest BCUT2D eigenvalue weighted by molar-refractivity contribution is 7.99. The van der Waals surface area contributed by atoms with Crippen LogP contribution in [0.3, 0.4) is 0 Å². The van der Waals surface area contributed by atoms with Gasteiger partial charge in [0.05, 0.1) is 6.61 Å². The first kappa shape index (κ1) is 18.6. The maximum Gasteiger partial charge on any atom is 0.321 e. The van der Waals surface area contributed by atoms with E-state index in [-0.39, 0.29) is 6.03 Å². The van der Waals surface area contributed by atoms with Crippen LogP contribution in [0.25, 0.3) is 0 Å². The first-order valence-corrected chi connectivity index (χ1v) is 10.2. The highest BCUT2D eigenvalue weighted by Crippen LogP contribution is 2.36. The van der Waals surface area contributed by atoms with E-state index in [9.17, 15) is 4.79 Å². The molecule has 1 atom stereocenters. The molecule has 4 nitrogen and oxygen atoms in total. The summed E-state index contributed by atoms with van der Waals surface area (Å²) in [7, 11) is 0. The van der Waals surface area contributed by atoms with E-state index >= 15 is 0 Å². The summed E-state index contributed by atoms with van der Waals surface area (Å²) in [5.41, 5.74) is 3.52. The molecule has 0 aromatic heterocycles. The second kappa shape index (κ2) is 8.99. The summed E-state index contributed by atoms with van der Waals surface area (Å²) in [6, 6.07) is 16.1. The third-order valence-electron chi connectivity index (χ3n) is 4.58. The van der Waals surface area contributed by atoms with Crippen molar-refractivity contribution in [3.8, 4) is 5.75 Å². The second-order valence-corrected chi connectivity index (χ2v) is 7.69. The Balaban J connectivity index is 1.58. The molecular formula is C21H26N2O2S. The van der Waals surface area contributed by atoms with E-state index in [4.69, 9.17) is 4.74 Å². The number of hydrogen-bond acceptors (Lipinski definition) is 3. The van der Waals surface area contributed by atoms with Gasteiger partial charge >= 0.3 is 6.03 Å². The van der Waals surface area contributed by atoms with Crippen LogP contribution in [-0.2, 0) is 0 Å². The zero-order valence-corrected chi connectivity index (χ0v) is 16.2. The summed E-state index contributed by atoms with van der Waals surface area (Å²) >= 11 is 1.95. The van der Waals surface area contributed by atoms with E-state index < -0.39 is 0 Å². The van der Waals surface area contributed by atoms with Crippen molar-refractivity contribution in [2.45, 2.75) is 25.5 Å². The van der Waals surface area contributed by atoms with Crippen LogP contribution in [-0.4, -0.2) is 36.4 Å². The van der Waals surface area contributed by atoms with E-state index in [1.807, 2.05) is 47.9 Å². The van der Waals surface area contributed by atoms with Gasteiger partial charge in [-0.2, -0.15) is 11.8 Å². The van der Waals surface area contributed by atoms with Crippen LogP contribution in [0.15, 0.2) is 48.5 Å². The third-order valence-corrected chi connectivity index (χ3v) is 5.89. The molecule has 1 unspecified atom stereocenters. The number of anilines is 1. The lowest BCUT2D eigenvalue weighted by Crippen LogP contribution is -2.36. The normalized spacial score (nSPS) is 17.5. The fourth-order valence-corrected chi connectivity index (χ4v) is 4.50. The van der Waals surface area contributed by atoms with Crippen LogP contribution in [0.2, 0.25) is 0 Å². The van der Waals surface area contributed by atoms with Gasteiger partial charge in [-0.05, 0) is 55.7 Å². The van der Waals surface area contributed by atoms with Crippen molar-refractivity contribution in [1.29, 1.82) is 0 Å². The fraction of sp³-hybridized carbons (Fsp3) is 0.381. The van der Waals surface area contributed by atoms with E-state index in [0.717, 1.165) is 36.7 Å². The molecular weight excluding hydrogens is 344 g/mol. The minimum Gasteiger partial charge on any atom is -0.494 e. The van der Waals surface area contributed by atoms with Gasteiger partial charge in [-0.1, -0.05) is 24.3 Å². The number of thioether (sulfide) groups is 1. The molecule has 3 rings (SSSR count). The molecule has 1 heterocycles. The maximum atomic E-state index is 12.6. The topological polar surface area (TPSA) is 41.6 Å². The lowest BCUT2D eigenvalue weighted by atomic mass is 10.0. The molecule has 1 N–H and O–H groups in total. The molecule has 2 amide bonds. The molecule has 5 heteroatoms. The Bertz CT molecular complexity index is 733. The Labute approximate surface area is 159 Å². The van der Waals surface area contributed by atoms with Crippen molar-refractivity contribution in [3.05, 3.63) is 59.7 Å². The summed E-state index contributed by atoms with van der Waals surface area (Å²) in [5.74, 6) is 1.77. The van der Waals surface area contributed by atoms with Gasteiger partial charge in [-0.25, -0.2) is 4.79 Å². The SMILES string of the molecule is CCOc1ccc(NC(=O)N2CCSC(c3ccccc3C)CC2)cc1. The number of ether oxygens (including phenoxy) is 1. The maximum absolute atomic E-state index is 12.6. The Morgan fingerprint density at radius 3 is 2.69 bits per heavy atom. The van der Waals surface area contributed by atoms with Gasteiger partial charge in [0.2, 0.25) is 0 Å². The summed E-state index contributed by atoms with van der Waals surface area (Å²) in [4.78, 5) is 14.5. The van der Waals surface area contributed by atoms with Crippen molar-refractivity contribution < 1.29 is 9.53 Å². The molecule has 0 radical (unpaired) electrons. The summed E-state index contributed by atoms with van der Waals surface area (Å²) in [6.45, 7) is 6.30. The van der Waals surface area contributed by atoms with Crippen LogP contribution < -0.4 is 10.1 Å². The highest BCUT2D eigenvalue weighted by Gasteiger charge is 2.22. The number of hydrogen-bond donors (Lipinski definition) is 1. The van der Waals surface area contributed by atoms with Crippen LogP contribution >= 0.6 is 11.8 Å². The molecule has 0 bridgehead atoms. The monoisotopic (exact) mass is 370 g/mol. The molecule has 1 fully saturated rings. The van der Waals surface area contributed by atoms with Gasteiger partial charge in [0.15, 0.2) is 0 Å². The molecule has 138 valence electrons. The smallest absolute Gasteiger partial charge is 0.321 e. The number of carbonyl (C=O) groups excluding carboxylic acids is 1. The minimum atomic E-state index is -0.0276. The predicted molar refractivity (Wildman–Crippen MR) is 109 cm³/mol. The zero-order valence-electron chi connectivity index (χ0n) is 15.4. The van der Waals surface area contributed by atoms with Gasteiger partial charge in [-0.3, -0.25) is 0 Å². The van der Waals surface area contributed by atoms with E-state index in [0.29, 0.717) is 11.9 Å². The van der Waals surface area contributed by atoms with Crippen LogP contribution in [0, 0.1) is 6.92 Å². The second-order valence-electron chi connectivity index (χ2n) is 6.38. The Morgan fingerprint density at radius 2 is 1.96 bits per heavy atom. The first-order valence-electron chi connectivity index (χ1n) is 9.13. The quantitative estimate of drug-likeness (QED) is 0.813. The lowest BCUT2D eigenvalue weighted by Gasteiger charge is -2.21. The van der Waals surface area contributed by atoms with Gasteiger partial charge in [0, 0.05) is 29.8 Å². The highest BCUT2D eigenvalue weighted by atomic mass is 32.2. The number of rotatable bonds is 4. The van der Waals surface area contributed by atoms with Crippen molar-refractivity contribution >= 4 is 23.5 Å². The number of carbonyl (C=O) groups is 1. The number of urea groups is 1. The zero-order chi connectivity index (χ0) is 18.4. The van der Waals surface area contributed by atoms with E-state index in [2.05, 4.69) is 36.5 Å². The van der Waals surface area contributed by atoms with Crippen LogP contribution in [0.1, 0.15) is 29.7 Å². The molecule has 0 aliphatic carbocycles. The summed E-state index contributed by atoms with van der Waals surface area (Å²) in [6.07, 6.45) is 0.978. The predicted octanol–water partition coefficient (Wildman–Crippen LogP) is 5.11. The molecule has 2 aromatic carbocycles. The lowest BCUT2D eigenvalue weighted by molar-refractivity contribution is 0.215. The standard InChI is InChI=1S/C21H26N2O2S/c1-3-25-18-10-8-17(9-11-18)22-21(24)23-13-12-20(26-15-14-23)19-7-5-4-6-16(19)2/h4-11,20H,3,12-15H2,1-2H3,(H,22,24). The van der Waals surface area contributed by atoms with Crippen LogP contribution in [0.4, 0.5) is 10.5 Å². The summed E-state index contributed by atoms with van der Waals surface area (Å²) in [5, 5.41) is 3.45. The molecule has 2 aromatic rings. The fourth-order valence-electron chi connectivity index (χ4n) is 3.17. The van der Waals surface area contributed by atoms with E-state index in [1.165, 1.54) is 11.1 Å². The molecule has 0 spiro atoms. The molecule has 1 aliphatic heterocycles. The van der Waals surface area contributed by atoms with Gasteiger partial charge < -0.3 is 15.0 Å². The average molecular weight is 371 g/mol. The van der Waals surface area contributed by atoms with Crippen molar-refractivity contribution in [3.63, 3.8) is 0 Å². The number of nitrogens with zero attached hydrogens (tertiary/aromatic N) is 1.